The third-order valence-corrected chi connectivity index (χ3v) is 6.39. The quantitative estimate of drug-likeness (QED) is 0.345. The number of likely N-dealkylation sites (N-methyl/N-ethyl adjacent to an activating group) is 1. The zero-order chi connectivity index (χ0) is 21.3. The van der Waals surface area contributed by atoms with Crippen molar-refractivity contribution in [2.75, 3.05) is 19.0 Å². The van der Waals surface area contributed by atoms with Crippen molar-refractivity contribution in [1.82, 2.24) is 24.8 Å². The van der Waals surface area contributed by atoms with Crippen LogP contribution in [0.2, 0.25) is 0 Å². The van der Waals surface area contributed by atoms with Crippen LogP contribution < -0.4 is 10.6 Å². The molecule has 0 amide bonds. The molecule has 0 aliphatic carbocycles. The molecule has 1 saturated heterocycles. The van der Waals surface area contributed by atoms with Gasteiger partial charge >= 0.3 is 0 Å². The predicted molar refractivity (Wildman–Crippen MR) is 121 cm³/mol. The molecule has 9 nitrogen and oxygen atoms in total. The number of ether oxygens (including phenoxy) is 1. The molecule has 4 atom stereocenters. The second kappa shape index (κ2) is 8.71. The van der Waals surface area contributed by atoms with Gasteiger partial charge in [-0.25, -0.2) is 15.0 Å². The SMILES string of the molecule is CC[C@]1(CO)O[C@@H](n2cnc3c(NCc4cccc(I)c4)ncnc32)C(NC)C1O. The second-order valence-corrected chi connectivity index (χ2v) is 8.62. The van der Waals surface area contributed by atoms with Crippen LogP contribution in [0.1, 0.15) is 25.1 Å². The van der Waals surface area contributed by atoms with Gasteiger partial charge in [0, 0.05) is 10.1 Å². The third kappa shape index (κ3) is 3.66. The van der Waals surface area contributed by atoms with E-state index < -0.39 is 24.0 Å². The number of aliphatic hydroxyl groups excluding tert-OH is 2. The summed E-state index contributed by atoms with van der Waals surface area (Å²) in [7, 11) is 1.76. The van der Waals surface area contributed by atoms with Gasteiger partial charge in [-0.2, -0.15) is 0 Å². The Balaban J connectivity index is 1.64. The standard InChI is InChI=1S/C20H25IN6O3/c1-3-20(9-28)16(29)14(22-2)19(30-20)27-11-26-15-17(24-10-25-18(15)27)23-8-12-5-4-6-13(21)7-12/h4-7,10-11,14,16,19,22,28-29H,3,8-9H2,1-2H3,(H,23,24,25)/t14?,16?,19-,20-/m1/s1. The fraction of sp³-hybridized carbons (Fsp3) is 0.450. The molecule has 4 rings (SSSR count). The summed E-state index contributed by atoms with van der Waals surface area (Å²) in [5, 5.41) is 27.1. The van der Waals surface area contributed by atoms with Crippen LogP contribution in [0.4, 0.5) is 5.82 Å². The molecule has 1 fully saturated rings. The van der Waals surface area contributed by atoms with Gasteiger partial charge in [0.1, 0.15) is 18.0 Å². The molecule has 2 aromatic heterocycles. The summed E-state index contributed by atoms with van der Waals surface area (Å²) in [5.41, 5.74) is 1.32. The highest BCUT2D eigenvalue weighted by Crippen LogP contribution is 2.40. The number of benzene rings is 1. The van der Waals surface area contributed by atoms with E-state index in [0.717, 1.165) is 5.56 Å². The number of nitrogens with one attached hydrogen (secondary N) is 2. The second-order valence-electron chi connectivity index (χ2n) is 7.37. The number of hydrogen-bond acceptors (Lipinski definition) is 8. The van der Waals surface area contributed by atoms with Crippen LogP contribution >= 0.6 is 22.6 Å². The number of rotatable bonds is 7. The maximum atomic E-state index is 10.8. The first-order chi connectivity index (χ1) is 14.5. The van der Waals surface area contributed by atoms with Crippen molar-refractivity contribution in [2.45, 2.75) is 43.9 Å². The lowest BCUT2D eigenvalue weighted by atomic mass is 9.92. The highest BCUT2D eigenvalue weighted by atomic mass is 127. The van der Waals surface area contributed by atoms with Crippen molar-refractivity contribution in [3.8, 4) is 0 Å². The van der Waals surface area contributed by atoms with E-state index in [0.29, 0.717) is 29.9 Å². The summed E-state index contributed by atoms with van der Waals surface area (Å²) in [6.45, 7) is 2.22. The van der Waals surface area contributed by atoms with Gasteiger partial charge in [0.25, 0.3) is 0 Å². The van der Waals surface area contributed by atoms with E-state index in [2.05, 4.69) is 60.3 Å². The Morgan fingerprint density at radius 3 is 2.83 bits per heavy atom. The molecule has 30 heavy (non-hydrogen) atoms. The lowest BCUT2D eigenvalue weighted by Crippen LogP contribution is -2.49. The van der Waals surface area contributed by atoms with Gasteiger partial charge in [0.05, 0.1) is 19.0 Å². The van der Waals surface area contributed by atoms with Crippen LogP contribution in [0.3, 0.4) is 0 Å². The van der Waals surface area contributed by atoms with Crippen molar-refractivity contribution in [1.29, 1.82) is 0 Å². The van der Waals surface area contributed by atoms with E-state index in [9.17, 15) is 10.2 Å². The van der Waals surface area contributed by atoms with Gasteiger partial charge in [-0.15, -0.1) is 0 Å². The van der Waals surface area contributed by atoms with Crippen LogP contribution in [0.25, 0.3) is 11.2 Å². The van der Waals surface area contributed by atoms with Crippen molar-refractivity contribution in [2.24, 2.45) is 0 Å². The highest BCUT2D eigenvalue weighted by molar-refractivity contribution is 14.1. The average Bonchev–Trinajstić information content (AvgIpc) is 3.31. The Morgan fingerprint density at radius 1 is 1.30 bits per heavy atom. The van der Waals surface area contributed by atoms with Gasteiger partial charge in [0.2, 0.25) is 0 Å². The first-order valence-corrected chi connectivity index (χ1v) is 10.9. The fourth-order valence-electron chi connectivity index (χ4n) is 3.93. The van der Waals surface area contributed by atoms with E-state index in [1.54, 1.807) is 17.9 Å². The van der Waals surface area contributed by atoms with Crippen molar-refractivity contribution in [3.05, 3.63) is 46.1 Å². The Morgan fingerprint density at radius 2 is 2.13 bits per heavy atom. The van der Waals surface area contributed by atoms with Gasteiger partial charge in [-0.3, -0.25) is 4.57 Å². The lowest BCUT2D eigenvalue weighted by molar-refractivity contribution is -0.128. The van der Waals surface area contributed by atoms with Crippen molar-refractivity contribution < 1.29 is 14.9 Å². The number of fused-ring (bicyclic) bond motifs is 1. The number of nitrogens with zero attached hydrogens (tertiary/aromatic N) is 4. The Labute approximate surface area is 188 Å². The molecule has 1 aliphatic heterocycles. The molecular formula is C20H25IN6O3. The molecule has 1 aliphatic rings. The Bertz CT molecular complexity index is 1020. The van der Waals surface area contributed by atoms with Crippen LogP contribution in [-0.4, -0.2) is 61.1 Å². The smallest absolute Gasteiger partial charge is 0.167 e. The third-order valence-electron chi connectivity index (χ3n) is 5.72. The molecule has 0 bridgehead atoms. The zero-order valence-corrected chi connectivity index (χ0v) is 18.9. The Kier molecular flexibility index (Phi) is 6.21. The number of hydrogen-bond donors (Lipinski definition) is 4. The van der Waals surface area contributed by atoms with E-state index in [1.165, 1.54) is 9.90 Å². The molecule has 10 heteroatoms. The monoisotopic (exact) mass is 524 g/mol. The minimum Gasteiger partial charge on any atom is -0.393 e. The van der Waals surface area contributed by atoms with E-state index in [1.807, 2.05) is 19.1 Å². The van der Waals surface area contributed by atoms with Gasteiger partial charge in [0.15, 0.2) is 23.2 Å². The summed E-state index contributed by atoms with van der Waals surface area (Å²) in [5.74, 6) is 0.626. The fourth-order valence-corrected chi connectivity index (χ4v) is 4.54. The predicted octanol–water partition coefficient (Wildman–Crippen LogP) is 1.66. The number of anilines is 1. The molecule has 0 saturated carbocycles. The minimum absolute atomic E-state index is 0.274. The molecule has 0 radical (unpaired) electrons. The summed E-state index contributed by atoms with van der Waals surface area (Å²) in [6.07, 6.45) is 2.15. The zero-order valence-electron chi connectivity index (χ0n) is 16.8. The topological polar surface area (TPSA) is 117 Å². The van der Waals surface area contributed by atoms with Gasteiger partial charge in [-0.05, 0) is 53.8 Å². The van der Waals surface area contributed by atoms with Crippen LogP contribution in [0.5, 0.6) is 0 Å². The molecular weight excluding hydrogens is 499 g/mol. The highest BCUT2D eigenvalue weighted by Gasteiger charge is 2.53. The van der Waals surface area contributed by atoms with Gasteiger partial charge in [-0.1, -0.05) is 19.1 Å². The molecule has 160 valence electrons. The average molecular weight is 524 g/mol. The molecule has 1 aromatic carbocycles. The number of aromatic nitrogens is 4. The first-order valence-electron chi connectivity index (χ1n) is 9.83. The van der Waals surface area contributed by atoms with E-state index in [-0.39, 0.29) is 6.61 Å². The van der Waals surface area contributed by atoms with Crippen molar-refractivity contribution in [3.63, 3.8) is 0 Å². The van der Waals surface area contributed by atoms with Crippen molar-refractivity contribution >= 4 is 39.6 Å². The normalized spacial score (nSPS) is 26.4. The van der Waals surface area contributed by atoms with Crippen LogP contribution in [0, 0.1) is 3.57 Å². The van der Waals surface area contributed by atoms with Gasteiger partial charge < -0.3 is 25.6 Å². The molecule has 0 spiro atoms. The maximum Gasteiger partial charge on any atom is 0.167 e. The molecule has 3 heterocycles. The maximum absolute atomic E-state index is 10.8. The van der Waals surface area contributed by atoms with Crippen LogP contribution in [0.15, 0.2) is 36.9 Å². The molecule has 4 N–H and O–H groups in total. The lowest BCUT2D eigenvalue weighted by Gasteiger charge is -2.28. The minimum atomic E-state index is -1.03. The molecule has 3 aromatic rings. The summed E-state index contributed by atoms with van der Waals surface area (Å²) in [6, 6.07) is 7.80. The Hall–Kier alpha value is -1.86. The first kappa shape index (κ1) is 21.4. The van der Waals surface area contributed by atoms with Crippen LogP contribution in [-0.2, 0) is 11.3 Å². The van der Waals surface area contributed by atoms with E-state index in [4.69, 9.17) is 4.74 Å². The molecule has 2 unspecified atom stereocenters. The van der Waals surface area contributed by atoms with E-state index >= 15 is 0 Å². The summed E-state index contributed by atoms with van der Waals surface area (Å²) < 4.78 is 9.13. The largest absolute Gasteiger partial charge is 0.393 e. The number of aliphatic hydroxyl groups is 2. The number of imidazole rings is 1. The summed E-state index contributed by atoms with van der Waals surface area (Å²) in [4.78, 5) is 13.3. The summed E-state index contributed by atoms with van der Waals surface area (Å²) >= 11 is 2.29. The number of halogens is 1.